The zero-order valence-electron chi connectivity index (χ0n) is 19.2. The lowest BCUT2D eigenvalue weighted by atomic mass is 10.2. The second kappa shape index (κ2) is 11.0. The minimum absolute atomic E-state index is 0.0592. The Kier molecular flexibility index (Phi) is 7.85. The normalized spacial score (nSPS) is 14.7. The number of nitrogens with zero attached hydrogens (tertiary/aromatic N) is 3. The molecular weight excluding hydrogens is 440 g/mol. The van der Waals surface area contributed by atoms with Crippen LogP contribution >= 0.6 is 11.6 Å². The van der Waals surface area contributed by atoms with Crippen LogP contribution in [-0.4, -0.2) is 65.9 Å². The molecule has 3 aromatic rings. The van der Waals surface area contributed by atoms with E-state index in [9.17, 15) is 4.79 Å². The van der Waals surface area contributed by atoms with Crippen molar-refractivity contribution in [2.75, 3.05) is 39.5 Å². The molecule has 1 aromatic heterocycles. The highest BCUT2D eigenvalue weighted by Crippen LogP contribution is 2.29. The molecule has 4 rings (SSSR count). The van der Waals surface area contributed by atoms with Crippen LogP contribution in [0.5, 0.6) is 5.75 Å². The SMILES string of the molecule is CC(C)NC(=O)Cn1c(-c2cccc(Cl)c2)nc2cc(OCCCN3CCOCC3)ccc21. The van der Waals surface area contributed by atoms with E-state index in [0.29, 0.717) is 17.5 Å². The Hall–Kier alpha value is -2.61. The third-order valence-corrected chi connectivity index (χ3v) is 5.78. The number of aromatic nitrogens is 2. The largest absolute Gasteiger partial charge is 0.493 e. The molecule has 176 valence electrons. The van der Waals surface area contributed by atoms with Crippen molar-refractivity contribution in [3.8, 4) is 17.1 Å². The second-order valence-electron chi connectivity index (χ2n) is 8.56. The summed E-state index contributed by atoms with van der Waals surface area (Å²) in [5.74, 6) is 1.42. The number of ether oxygens (including phenoxy) is 2. The van der Waals surface area contributed by atoms with Crippen LogP contribution in [0.1, 0.15) is 20.3 Å². The van der Waals surface area contributed by atoms with Gasteiger partial charge in [0.05, 0.1) is 30.9 Å². The Balaban J connectivity index is 1.52. The van der Waals surface area contributed by atoms with Crippen LogP contribution in [0, 0.1) is 0 Å². The number of benzene rings is 2. The summed E-state index contributed by atoms with van der Waals surface area (Å²) < 4.78 is 13.3. The molecule has 2 aromatic carbocycles. The molecule has 1 amide bonds. The fourth-order valence-corrected chi connectivity index (χ4v) is 4.21. The summed E-state index contributed by atoms with van der Waals surface area (Å²) in [5.41, 5.74) is 2.53. The van der Waals surface area contributed by atoms with Crippen molar-refractivity contribution in [3.63, 3.8) is 0 Å². The van der Waals surface area contributed by atoms with Crippen molar-refractivity contribution in [2.45, 2.75) is 32.9 Å². The molecule has 0 radical (unpaired) electrons. The van der Waals surface area contributed by atoms with E-state index in [4.69, 9.17) is 26.1 Å². The molecule has 2 heterocycles. The lowest BCUT2D eigenvalue weighted by Crippen LogP contribution is -2.37. The van der Waals surface area contributed by atoms with Gasteiger partial charge in [0.1, 0.15) is 18.1 Å². The molecule has 0 unspecified atom stereocenters. The van der Waals surface area contributed by atoms with Crippen LogP contribution in [-0.2, 0) is 16.1 Å². The molecule has 0 saturated carbocycles. The number of nitrogens with one attached hydrogen (secondary N) is 1. The minimum atomic E-state index is -0.0592. The Morgan fingerprint density at radius 3 is 2.79 bits per heavy atom. The molecule has 0 atom stereocenters. The number of rotatable bonds is 9. The standard InChI is InChI=1S/C25H31ClN4O3/c1-18(2)27-24(31)17-30-23-8-7-21(33-12-4-9-29-10-13-32-14-11-29)16-22(23)28-25(30)19-5-3-6-20(26)15-19/h3,5-8,15-16,18H,4,9-14,17H2,1-2H3,(H,27,31). The number of hydrogen-bond acceptors (Lipinski definition) is 5. The molecule has 0 aliphatic carbocycles. The van der Waals surface area contributed by atoms with E-state index in [1.165, 1.54) is 0 Å². The Bertz CT molecular complexity index is 1090. The Morgan fingerprint density at radius 2 is 2.03 bits per heavy atom. The predicted molar refractivity (Wildman–Crippen MR) is 131 cm³/mol. The molecule has 1 saturated heterocycles. The van der Waals surface area contributed by atoms with Gasteiger partial charge in [0, 0.05) is 42.3 Å². The first-order valence-electron chi connectivity index (χ1n) is 11.5. The smallest absolute Gasteiger partial charge is 0.240 e. The highest BCUT2D eigenvalue weighted by Gasteiger charge is 2.17. The number of hydrogen-bond donors (Lipinski definition) is 1. The third kappa shape index (κ3) is 6.25. The summed E-state index contributed by atoms with van der Waals surface area (Å²) in [5, 5.41) is 3.59. The fraction of sp³-hybridized carbons (Fsp3) is 0.440. The number of fused-ring (bicyclic) bond motifs is 1. The predicted octanol–water partition coefficient (Wildman–Crippen LogP) is 3.98. The van der Waals surface area contributed by atoms with Crippen molar-refractivity contribution >= 4 is 28.5 Å². The van der Waals surface area contributed by atoms with Crippen molar-refractivity contribution in [1.82, 2.24) is 19.8 Å². The zero-order valence-corrected chi connectivity index (χ0v) is 20.0. The first kappa shape index (κ1) is 23.5. The van der Waals surface area contributed by atoms with Gasteiger partial charge in [-0.3, -0.25) is 9.69 Å². The van der Waals surface area contributed by atoms with E-state index in [1.54, 1.807) is 0 Å². The van der Waals surface area contributed by atoms with Gasteiger partial charge in [0.25, 0.3) is 0 Å². The van der Waals surface area contributed by atoms with Gasteiger partial charge in [-0.15, -0.1) is 0 Å². The lowest BCUT2D eigenvalue weighted by Gasteiger charge is -2.26. The quantitative estimate of drug-likeness (QED) is 0.479. The monoisotopic (exact) mass is 470 g/mol. The molecule has 1 fully saturated rings. The molecule has 1 aliphatic rings. The third-order valence-electron chi connectivity index (χ3n) is 5.55. The van der Waals surface area contributed by atoms with E-state index in [0.717, 1.165) is 61.6 Å². The molecule has 1 aliphatic heterocycles. The van der Waals surface area contributed by atoms with Crippen LogP contribution in [0.15, 0.2) is 42.5 Å². The van der Waals surface area contributed by atoms with Crippen LogP contribution in [0.2, 0.25) is 5.02 Å². The van der Waals surface area contributed by atoms with E-state index < -0.39 is 0 Å². The van der Waals surface area contributed by atoms with Crippen molar-refractivity contribution in [3.05, 3.63) is 47.5 Å². The van der Waals surface area contributed by atoms with E-state index in [1.807, 2.05) is 60.9 Å². The van der Waals surface area contributed by atoms with Crippen molar-refractivity contribution < 1.29 is 14.3 Å². The van der Waals surface area contributed by atoms with Gasteiger partial charge in [0.15, 0.2) is 0 Å². The minimum Gasteiger partial charge on any atom is -0.493 e. The average Bonchev–Trinajstić information content (AvgIpc) is 3.14. The Labute approximate surface area is 199 Å². The number of morpholine rings is 1. The van der Waals surface area contributed by atoms with Crippen LogP contribution in [0.25, 0.3) is 22.4 Å². The summed E-state index contributed by atoms with van der Waals surface area (Å²) in [4.78, 5) is 19.8. The molecule has 7 nitrogen and oxygen atoms in total. The number of amides is 1. The molecule has 1 N–H and O–H groups in total. The van der Waals surface area contributed by atoms with E-state index >= 15 is 0 Å². The summed E-state index contributed by atoms with van der Waals surface area (Å²) in [6, 6.07) is 13.4. The van der Waals surface area contributed by atoms with Crippen LogP contribution in [0.4, 0.5) is 0 Å². The molecule has 0 bridgehead atoms. The second-order valence-corrected chi connectivity index (χ2v) is 9.00. The van der Waals surface area contributed by atoms with E-state index in [-0.39, 0.29) is 18.5 Å². The highest BCUT2D eigenvalue weighted by molar-refractivity contribution is 6.30. The van der Waals surface area contributed by atoms with Crippen LogP contribution in [0.3, 0.4) is 0 Å². The van der Waals surface area contributed by atoms with Crippen molar-refractivity contribution in [2.24, 2.45) is 0 Å². The lowest BCUT2D eigenvalue weighted by molar-refractivity contribution is -0.122. The number of carbonyl (C=O) groups excluding carboxylic acids is 1. The van der Waals surface area contributed by atoms with Gasteiger partial charge in [-0.25, -0.2) is 4.98 Å². The summed E-state index contributed by atoms with van der Waals surface area (Å²) in [7, 11) is 0. The van der Waals surface area contributed by atoms with Gasteiger partial charge in [-0.05, 0) is 44.5 Å². The Morgan fingerprint density at radius 1 is 1.21 bits per heavy atom. The highest BCUT2D eigenvalue weighted by atomic mass is 35.5. The van der Waals surface area contributed by atoms with Gasteiger partial charge in [-0.1, -0.05) is 23.7 Å². The summed E-state index contributed by atoms with van der Waals surface area (Å²) >= 11 is 6.23. The number of halogens is 1. The summed E-state index contributed by atoms with van der Waals surface area (Å²) in [6.45, 7) is 9.31. The summed E-state index contributed by atoms with van der Waals surface area (Å²) in [6.07, 6.45) is 0.954. The molecule has 33 heavy (non-hydrogen) atoms. The first-order chi connectivity index (χ1) is 16.0. The zero-order chi connectivity index (χ0) is 23.2. The average molecular weight is 471 g/mol. The van der Waals surface area contributed by atoms with Gasteiger partial charge in [0.2, 0.25) is 5.91 Å². The maximum Gasteiger partial charge on any atom is 0.240 e. The molecule has 0 spiro atoms. The van der Waals surface area contributed by atoms with Gasteiger partial charge >= 0.3 is 0 Å². The van der Waals surface area contributed by atoms with E-state index in [2.05, 4.69) is 10.2 Å². The molecule has 8 heteroatoms. The van der Waals surface area contributed by atoms with Gasteiger partial charge < -0.3 is 19.4 Å². The maximum atomic E-state index is 12.6. The van der Waals surface area contributed by atoms with Gasteiger partial charge in [-0.2, -0.15) is 0 Å². The molecular formula is C25H31ClN4O3. The van der Waals surface area contributed by atoms with Crippen molar-refractivity contribution in [1.29, 1.82) is 0 Å². The first-order valence-corrected chi connectivity index (χ1v) is 11.9. The number of imidazole rings is 1. The number of carbonyl (C=O) groups is 1. The van der Waals surface area contributed by atoms with Crippen LogP contribution < -0.4 is 10.1 Å². The fourth-order valence-electron chi connectivity index (χ4n) is 4.02. The topological polar surface area (TPSA) is 68.6 Å². The maximum absolute atomic E-state index is 12.6.